The third-order valence-electron chi connectivity index (χ3n) is 5.29. The van der Waals surface area contributed by atoms with Crippen molar-refractivity contribution >= 4 is 0 Å². The molecule has 20 heavy (non-hydrogen) atoms. The summed E-state index contributed by atoms with van der Waals surface area (Å²) < 4.78 is 0. The third kappa shape index (κ3) is 4.19. The fourth-order valence-corrected chi connectivity index (χ4v) is 3.57. The van der Waals surface area contributed by atoms with Gasteiger partial charge in [0.25, 0.3) is 0 Å². The first-order chi connectivity index (χ1) is 9.23. The van der Waals surface area contributed by atoms with E-state index in [-0.39, 0.29) is 12.1 Å². The summed E-state index contributed by atoms with van der Waals surface area (Å²) in [4.78, 5) is 2.62. The van der Waals surface area contributed by atoms with Gasteiger partial charge in [-0.1, -0.05) is 20.8 Å². The monoisotopic (exact) mass is 282 g/mol. The van der Waals surface area contributed by atoms with E-state index < -0.39 is 0 Å². The van der Waals surface area contributed by atoms with Gasteiger partial charge in [0.15, 0.2) is 0 Å². The number of aliphatic hydroxyl groups is 1. The molecule has 118 valence electrons. The molecule has 1 saturated heterocycles. The maximum absolute atomic E-state index is 9.75. The maximum Gasteiger partial charge on any atom is 0.0611 e. The molecule has 1 heterocycles. The number of aliphatic hydroxyl groups excluding tert-OH is 1. The summed E-state index contributed by atoms with van der Waals surface area (Å²) in [6.45, 7) is 14.3. The first-order valence-corrected chi connectivity index (χ1v) is 8.36. The summed E-state index contributed by atoms with van der Waals surface area (Å²) in [6, 6.07) is 1.20. The standard InChI is InChI=1S/C17H34N2O/c1-13(10-17(5,12-20)18-15-6-7-15)19-9-8-14(11-19)16(2,3)4/h13-15,18,20H,6-12H2,1-5H3. The molecule has 1 aliphatic carbocycles. The highest BCUT2D eigenvalue weighted by Crippen LogP contribution is 2.35. The number of likely N-dealkylation sites (tertiary alicyclic amines) is 1. The largest absolute Gasteiger partial charge is 0.394 e. The van der Waals surface area contributed by atoms with E-state index in [2.05, 4.69) is 44.8 Å². The Balaban J connectivity index is 1.86. The van der Waals surface area contributed by atoms with Crippen LogP contribution in [0.4, 0.5) is 0 Å². The molecular weight excluding hydrogens is 248 g/mol. The van der Waals surface area contributed by atoms with Crippen LogP contribution in [-0.2, 0) is 0 Å². The van der Waals surface area contributed by atoms with Crippen LogP contribution in [0.1, 0.15) is 60.3 Å². The van der Waals surface area contributed by atoms with E-state index in [0.717, 1.165) is 12.3 Å². The van der Waals surface area contributed by atoms with Crippen molar-refractivity contribution in [1.82, 2.24) is 10.2 Å². The van der Waals surface area contributed by atoms with Crippen LogP contribution in [0.25, 0.3) is 0 Å². The second kappa shape index (κ2) is 5.94. The smallest absolute Gasteiger partial charge is 0.0611 e. The van der Waals surface area contributed by atoms with Crippen molar-refractivity contribution in [3.8, 4) is 0 Å². The van der Waals surface area contributed by atoms with Gasteiger partial charge in [-0.3, -0.25) is 0 Å². The lowest BCUT2D eigenvalue weighted by atomic mass is 9.80. The van der Waals surface area contributed by atoms with Gasteiger partial charge in [-0.15, -0.1) is 0 Å². The molecule has 0 amide bonds. The molecule has 0 aromatic carbocycles. The van der Waals surface area contributed by atoms with E-state index >= 15 is 0 Å². The predicted octanol–water partition coefficient (Wildman–Crippen LogP) is 2.64. The Morgan fingerprint density at radius 3 is 2.30 bits per heavy atom. The van der Waals surface area contributed by atoms with Crippen molar-refractivity contribution in [1.29, 1.82) is 0 Å². The molecule has 2 N–H and O–H groups in total. The van der Waals surface area contributed by atoms with E-state index in [1.807, 2.05) is 0 Å². The minimum Gasteiger partial charge on any atom is -0.394 e. The Morgan fingerprint density at radius 2 is 1.85 bits per heavy atom. The van der Waals surface area contributed by atoms with Crippen molar-refractivity contribution < 1.29 is 5.11 Å². The first kappa shape index (κ1) is 16.3. The third-order valence-corrected chi connectivity index (χ3v) is 5.29. The number of nitrogens with one attached hydrogen (secondary N) is 1. The quantitative estimate of drug-likeness (QED) is 0.786. The summed E-state index contributed by atoms with van der Waals surface area (Å²) in [5.74, 6) is 0.807. The van der Waals surface area contributed by atoms with Gasteiger partial charge < -0.3 is 15.3 Å². The van der Waals surface area contributed by atoms with Crippen molar-refractivity contribution in [2.45, 2.75) is 77.9 Å². The summed E-state index contributed by atoms with van der Waals surface area (Å²) in [7, 11) is 0. The molecule has 0 aromatic rings. The SMILES string of the molecule is CC(CC(C)(CO)NC1CC1)N1CCC(C(C)(C)C)C1. The van der Waals surface area contributed by atoms with Crippen molar-refractivity contribution in [3.63, 3.8) is 0 Å². The highest BCUT2D eigenvalue weighted by molar-refractivity contribution is 4.95. The van der Waals surface area contributed by atoms with Gasteiger partial charge in [-0.2, -0.15) is 0 Å². The fourth-order valence-electron chi connectivity index (χ4n) is 3.57. The normalized spacial score (nSPS) is 29.4. The zero-order chi connectivity index (χ0) is 15.0. The van der Waals surface area contributed by atoms with Crippen molar-refractivity contribution in [2.24, 2.45) is 11.3 Å². The molecule has 2 aliphatic rings. The molecule has 1 saturated carbocycles. The number of nitrogens with zero attached hydrogens (tertiary/aromatic N) is 1. The molecule has 0 radical (unpaired) electrons. The van der Waals surface area contributed by atoms with Crippen LogP contribution in [0.2, 0.25) is 0 Å². The molecule has 3 heteroatoms. The minimum atomic E-state index is -0.111. The highest BCUT2D eigenvalue weighted by atomic mass is 16.3. The highest BCUT2D eigenvalue weighted by Gasteiger charge is 2.37. The number of rotatable bonds is 6. The van der Waals surface area contributed by atoms with Crippen LogP contribution in [0.5, 0.6) is 0 Å². The summed E-state index contributed by atoms with van der Waals surface area (Å²) in [5.41, 5.74) is 0.307. The van der Waals surface area contributed by atoms with Crippen LogP contribution < -0.4 is 5.32 Å². The van der Waals surface area contributed by atoms with Gasteiger partial charge >= 0.3 is 0 Å². The fraction of sp³-hybridized carbons (Fsp3) is 1.00. The molecule has 1 aliphatic heterocycles. The van der Waals surface area contributed by atoms with Gasteiger partial charge in [0, 0.05) is 24.2 Å². The van der Waals surface area contributed by atoms with Crippen molar-refractivity contribution in [3.05, 3.63) is 0 Å². The Labute approximate surface area is 125 Å². The predicted molar refractivity (Wildman–Crippen MR) is 84.9 cm³/mol. The molecule has 3 unspecified atom stereocenters. The van der Waals surface area contributed by atoms with Crippen LogP contribution in [0, 0.1) is 11.3 Å². The van der Waals surface area contributed by atoms with Gasteiger partial charge in [0.1, 0.15) is 0 Å². The van der Waals surface area contributed by atoms with E-state index in [4.69, 9.17) is 0 Å². The first-order valence-electron chi connectivity index (χ1n) is 8.36. The molecule has 0 bridgehead atoms. The lowest BCUT2D eigenvalue weighted by Gasteiger charge is -2.36. The summed E-state index contributed by atoms with van der Waals surface area (Å²) >= 11 is 0. The number of hydrogen-bond donors (Lipinski definition) is 2. The molecular formula is C17H34N2O. The van der Waals surface area contributed by atoms with E-state index in [1.54, 1.807) is 0 Å². The van der Waals surface area contributed by atoms with Crippen LogP contribution in [-0.4, -0.2) is 47.3 Å². The maximum atomic E-state index is 9.75. The summed E-state index contributed by atoms with van der Waals surface area (Å²) in [5, 5.41) is 13.4. The number of hydrogen-bond acceptors (Lipinski definition) is 3. The Morgan fingerprint density at radius 1 is 1.20 bits per heavy atom. The van der Waals surface area contributed by atoms with E-state index in [9.17, 15) is 5.11 Å². The Kier molecular flexibility index (Phi) is 4.83. The summed E-state index contributed by atoms with van der Waals surface area (Å²) in [6.07, 6.45) is 4.91. The van der Waals surface area contributed by atoms with Crippen LogP contribution >= 0.6 is 0 Å². The Bertz CT molecular complexity index is 321. The minimum absolute atomic E-state index is 0.111. The second-order valence-corrected chi connectivity index (χ2v) is 8.54. The molecule has 3 nitrogen and oxygen atoms in total. The Hall–Kier alpha value is -0.120. The van der Waals surface area contributed by atoms with Gasteiger partial charge in [-0.05, 0) is 57.4 Å². The zero-order valence-electron chi connectivity index (χ0n) is 14.1. The van der Waals surface area contributed by atoms with Crippen LogP contribution in [0.3, 0.4) is 0 Å². The van der Waals surface area contributed by atoms with E-state index in [0.29, 0.717) is 17.5 Å². The van der Waals surface area contributed by atoms with Gasteiger partial charge in [-0.25, -0.2) is 0 Å². The lowest BCUT2D eigenvalue weighted by Crippen LogP contribution is -2.51. The van der Waals surface area contributed by atoms with Crippen molar-refractivity contribution in [2.75, 3.05) is 19.7 Å². The van der Waals surface area contributed by atoms with Gasteiger partial charge in [0.05, 0.1) is 6.61 Å². The lowest BCUT2D eigenvalue weighted by molar-refractivity contribution is 0.118. The zero-order valence-corrected chi connectivity index (χ0v) is 14.1. The molecule has 3 atom stereocenters. The van der Waals surface area contributed by atoms with E-state index in [1.165, 1.54) is 32.4 Å². The molecule has 2 rings (SSSR count). The van der Waals surface area contributed by atoms with Gasteiger partial charge in [0.2, 0.25) is 0 Å². The second-order valence-electron chi connectivity index (χ2n) is 8.54. The molecule has 0 spiro atoms. The molecule has 2 fully saturated rings. The topological polar surface area (TPSA) is 35.5 Å². The molecule has 0 aromatic heterocycles. The van der Waals surface area contributed by atoms with Crippen LogP contribution in [0.15, 0.2) is 0 Å². The average molecular weight is 282 g/mol. The average Bonchev–Trinajstić information content (AvgIpc) is 2.98.